The largest absolute Gasteiger partial charge is 0.467 e. The Bertz CT molecular complexity index is 551. The van der Waals surface area contributed by atoms with Gasteiger partial charge in [-0.3, -0.25) is 4.79 Å². The molecular formula is C16H22N2O3. The summed E-state index contributed by atoms with van der Waals surface area (Å²) in [6.07, 6.45) is 7.03. The Hall–Kier alpha value is -1.78. The number of ether oxygens (including phenoxy) is 1. The maximum atomic E-state index is 12.9. The lowest BCUT2D eigenvalue weighted by Gasteiger charge is -2.33. The van der Waals surface area contributed by atoms with Gasteiger partial charge in [0.15, 0.2) is 0 Å². The molecule has 1 saturated heterocycles. The first kappa shape index (κ1) is 14.2. The molecule has 2 fully saturated rings. The summed E-state index contributed by atoms with van der Waals surface area (Å²) in [7, 11) is 3.25. The van der Waals surface area contributed by atoms with Crippen LogP contribution in [0.15, 0.2) is 18.3 Å². The molecule has 0 bridgehead atoms. The van der Waals surface area contributed by atoms with Crippen LogP contribution in [0.2, 0.25) is 0 Å². The number of nitrogens with zero attached hydrogens (tertiary/aromatic N) is 2. The Morgan fingerprint density at radius 2 is 2.05 bits per heavy atom. The Kier molecular flexibility index (Phi) is 3.74. The number of hydrogen-bond acceptors (Lipinski definition) is 3. The van der Waals surface area contributed by atoms with Crippen molar-refractivity contribution in [3.8, 4) is 0 Å². The third-order valence-corrected chi connectivity index (χ3v) is 4.96. The van der Waals surface area contributed by atoms with Gasteiger partial charge in [0, 0.05) is 19.3 Å². The van der Waals surface area contributed by atoms with Gasteiger partial charge in [-0.25, -0.2) is 4.79 Å². The number of carbonyl (C=O) groups excluding carboxylic acids is 2. The van der Waals surface area contributed by atoms with E-state index in [-0.39, 0.29) is 17.9 Å². The molecule has 3 rings (SSSR count). The highest BCUT2D eigenvalue weighted by molar-refractivity contribution is 5.96. The van der Waals surface area contributed by atoms with Gasteiger partial charge in [-0.1, -0.05) is 12.8 Å². The predicted molar refractivity (Wildman–Crippen MR) is 77.7 cm³/mol. The number of carbonyl (C=O) groups is 2. The highest BCUT2D eigenvalue weighted by atomic mass is 16.5. The minimum absolute atomic E-state index is 0.0488. The van der Waals surface area contributed by atoms with Gasteiger partial charge in [-0.2, -0.15) is 0 Å². The number of rotatable bonds is 2. The van der Waals surface area contributed by atoms with Crippen molar-refractivity contribution < 1.29 is 14.3 Å². The second-order valence-corrected chi connectivity index (χ2v) is 6.10. The highest BCUT2D eigenvalue weighted by Crippen LogP contribution is 2.40. The molecule has 5 heteroatoms. The van der Waals surface area contributed by atoms with E-state index in [1.807, 2.05) is 29.9 Å². The van der Waals surface area contributed by atoms with Gasteiger partial charge in [-0.05, 0) is 37.3 Å². The Morgan fingerprint density at radius 1 is 1.29 bits per heavy atom. The molecule has 1 aromatic heterocycles. The summed E-state index contributed by atoms with van der Waals surface area (Å²) < 4.78 is 6.74. The van der Waals surface area contributed by atoms with Crippen LogP contribution in [0.1, 0.15) is 42.6 Å². The van der Waals surface area contributed by atoms with Gasteiger partial charge in [-0.15, -0.1) is 0 Å². The van der Waals surface area contributed by atoms with E-state index in [2.05, 4.69) is 0 Å². The van der Waals surface area contributed by atoms with Crippen LogP contribution in [0.25, 0.3) is 0 Å². The monoisotopic (exact) mass is 290 g/mol. The quantitative estimate of drug-likeness (QED) is 0.783. The van der Waals surface area contributed by atoms with E-state index >= 15 is 0 Å². The van der Waals surface area contributed by atoms with E-state index in [1.54, 1.807) is 4.90 Å². The first-order valence-electron chi connectivity index (χ1n) is 7.65. The molecule has 1 aromatic rings. The summed E-state index contributed by atoms with van der Waals surface area (Å²) in [6, 6.07) is 3.43. The number of aryl methyl sites for hydroxylation is 1. The SMILES string of the molecule is COC(=O)C1CC2CCCCC2N1C(=O)c1cccn1C. The average molecular weight is 290 g/mol. The van der Waals surface area contributed by atoms with E-state index in [4.69, 9.17) is 4.74 Å². The van der Waals surface area contributed by atoms with Crippen molar-refractivity contribution in [3.05, 3.63) is 24.0 Å². The summed E-state index contributed by atoms with van der Waals surface area (Å²) in [5, 5.41) is 0. The maximum absolute atomic E-state index is 12.9. The third kappa shape index (κ3) is 2.34. The van der Waals surface area contributed by atoms with E-state index in [1.165, 1.54) is 13.5 Å². The third-order valence-electron chi connectivity index (χ3n) is 4.96. The lowest BCUT2D eigenvalue weighted by atomic mass is 9.84. The normalized spacial score (nSPS) is 28.3. The lowest BCUT2D eigenvalue weighted by Crippen LogP contribution is -2.47. The minimum atomic E-state index is -0.425. The average Bonchev–Trinajstić information content (AvgIpc) is 3.09. The van der Waals surface area contributed by atoms with Gasteiger partial charge in [0.05, 0.1) is 7.11 Å². The summed E-state index contributed by atoms with van der Waals surface area (Å²) >= 11 is 0. The van der Waals surface area contributed by atoms with Gasteiger partial charge >= 0.3 is 5.97 Å². The maximum Gasteiger partial charge on any atom is 0.328 e. The first-order valence-corrected chi connectivity index (χ1v) is 7.65. The summed E-state index contributed by atoms with van der Waals surface area (Å²) in [6.45, 7) is 0. The van der Waals surface area contributed by atoms with E-state index in [0.29, 0.717) is 11.6 Å². The van der Waals surface area contributed by atoms with Crippen molar-refractivity contribution >= 4 is 11.9 Å². The van der Waals surface area contributed by atoms with Crippen LogP contribution in [0.3, 0.4) is 0 Å². The number of amides is 1. The van der Waals surface area contributed by atoms with Crippen molar-refractivity contribution in [1.29, 1.82) is 0 Å². The molecule has 2 heterocycles. The fraction of sp³-hybridized carbons (Fsp3) is 0.625. The summed E-state index contributed by atoms with van der Waals surface area (Å²) in [5.74, 6) is 0.103. The fourth-order valence-electron chi connectivity index (χ4n) is 3.91. The molecule has 1 saturated carbocycles. The predicted octanol–water partition coefficient (Wildman–Crippen LogP) is 1.97. The Balaban J connectivity index is 1.93. The van der Waals surface area contributed by atoms with Crippen molar-refractivity contribution in [2.75, 3.05) is 7.11 Å². The van der Waals surface area contributed by atoms with Crippen molar-refractivity contribution in [2.45, 2.75) is 44.2 Å². The molecule has 1 aliphatic carbocycles. The topological polar surface area (TPSA) is 51.5 Å². The van der Waals surface area contributed by atoms with Crippen LogP contribution in [-0.4, -0.2) is 40.5 Å². The highest BCUT2D eigenvalue weighted by Gasteiger charge is 2.48. The smallest absolute Gasteiger partial charge is 0.328 e. The van der Waals surface area contributed by atoms with Gasteiger partial charge < -0.3 is 14.2 Å². The number of aromatic nitrogens is 1. The van der Waals surface area contributed by atoms with Crippen LogP contribution in [0.4, 0.5) is 0 Å². The van der Waals surface area contributed by atoms with Gasteiger partial charge in [0.1, 0.15) is 11.7 Å². The standard InChI is InChI=1S/C16H22N2O3/c1-17-9-5-8-13(17)15(19)18-12-7-4-3-6-11(12)10-14(18)16(20)21-2/h5,8-9,11-12,14H,3-4,6-7,10H2,1-2H3. The van der Waals surface area contributed by atoms with Gasteiger partial charge in [0.2, 0.25) is 0 Å². The molecular weight excluding hydrogens is 268 g/mol. The number of methoxy groups -OCH3 is 1. The molecule has 0 spiro atoms. The second-order valence-electron chi connectivity index (χ2n) is 6.10. The molecule has 3 unspecified atom stereocenters. The first-order chi connectivity index (χ1) is 10.1. The lowest BCUT2D eigenvalue weighted by molar-refractivity contribution is -0.145. The molecule has 1 aliphatic heterocycles. The van der Waals surface area contributed by atoms with Crippen LogP contribution in [0, 0.1) is 5.92 Å². The zero-order chi connectivity index (χ0) is 15.0. The number of esters is 1. The van der Waals surface area contributed by atoms with Crippen LogP contribution >= 0.6 is 0 Å². The van der Waals surface area contributed by atoms with Crippen LogP contribution < -0.4 is 0 Å². The molecule has 2 aliphatic rings. The van der Waals surface area contributed by atoms with E-state index in [0.717, 1.165) is 25.7 Å². The van der Waals surface area contributed by atoms with Crippen LogP contribution in [-0.2, 0) is 16.6 Å². The molecule has 5 nitrogen and oxygen atoms in total. The molecule has 3 atom stereocenters. The fourth-order valence-corrected chi connectivity index (χ4v) is 3.91. The zero-order valence-corrected chi connectivity index (χ0v) is 12.6. The molecule has 0 aromatic carbocycles. The Labute approximate surface area is 124 Å². The summed E-state index contributed by atoms with van der Waals surface area (Å²) in [4.78, 5) is 26.8. The second kappa shape index (κ2) is 5.54. The van der Waals surface area contributed by atoms with Crippen molar-refractivity contribution in [3.63, 3.8) is 0 Å². The molecule has 21 heavy (non-hydrogen) atoms. The summed E-state index contributed by atoms with van der Waals surface area (Å²) in [5.41, 5.74) is 0.634. The zero-order valence-electron chi connectivity index (χ0n) is 12.6. The van der Waals surface area contributed by atoms with E-state index in [9.17, 15) is 9.59 Å². The van der Waals surface area contributed by atoms with E-state index < -0.39 is 6.04 Å². The van der Waals surface area contributed by atoms with Crippen LogP contribution in [0.5, 0.6) is 0 Å². The minimum Gasteiger partial charge on any atom is -0.467 e. The molecule has 0 radical (unpaired) electrons. The molecule has 1 amide bonds. The Morgan fingerprint density at radius 3 is 2.71 bits per heavy atom. The van der Waals surface area contributed by atoms with Gasteiger partial charge in [0.25, 0.3) is 5.91 Å². The number of hydrogen-bond donors (Lipinski definition) is 0. The number of fused-ring (bicyclic) bond motifs is 1. The number of likely N-dealkylation sites (tertiary alicyclic amines) is 1. The molecule has 114 valence electrons. The van der Waals surface area contributed by atoms with Crippen molar-refractivity contribution in [2.24, 2.45) is 13.0 Å². The van der Waals surface area contributed by atoms with Crippen molar-refractivity contribution in [1.82, 2.24) is 9.47 Å². The molecule has 0 N–H and O–H groups in total.